The molecule has 0 aliphatic heterocycles. The molecule has 0 amide bonds. The SMILES string of the molecule is c1ccc([Si](c2ccccc2)(c2ccccc2)c2ccc(-c3nc(-c4ccc(-c5cccc6c5oc5ccccc56)cc4)nc(-c4ccc5c(c4)sc4ccccc45)n3)cc2)cc1. The van der Waals surface area contributed by atoms with Crippen LogP contribution in [-0.2, 0) is 0 Å². The van der Waals surface area contributed by atoms with Gasteiger partial charge in [-0.15, -0.1) is 11.3 Å². The third kappa shape index (κ3) is 6.30. The van der Waals surface area contributed by atoms with Crippen LogP contribution in [0.2, 0.25) is 0 Å². The fourth-order valence-electron chi connectivity index (χ4n) is 9.34. The molecule has 0 spiro atoms. The van der Waals surface area contributed by atoms with Gasteiger partial charge in [0.15, 0.2) is 25.5 Å². The lowest BCUT2D eigenvalue weighted by Gasteiger charge is -2.34. The van der Waals surface area contributed by atoms with Crippen LogP contribution in [-0.4, -0.2) is 23.0 Å². The Bertz CT molecular complexity index is 3510. The minimum atomic E-state index is -2.71. The van der Waals surface area contributed by atoms with Crippen molar-refractivity contribution in [2.24, 2.45) is 0 Å². The number of nitrogens with zero attached hydrogens (tertiary/aromatic N) is 3. The molecule has 3 aromatic heterocycles. The summed E-state index contributed by atoms with van der Waals surface area (Å²) in [4.78, 5) is 15.6. The van der Waals surface area contributed by atoms with Crippen LogP contribution in [0.4, 0.5) is 0 Å². The molecular formula is C57H37N3OSSi. The van der Waals surface area contributed by atoms with E-state index in [0.717, 1.165) is 49.8 Å². The van der Waals surface area contributed by atoms with E-state index in [0.29, 0.717) is 17.5 Å². The van der Waals surface area contributed by atoms with Crippen molar-refractivity contribution in [1.82, 2.24) is 15.0 Å². The standard InChI is InChI=1S/C57H37N3OSSi/c1-4-15-42(16-5-1)63(43-17-6-2-7-18-43,44-19-8-3-9-20-44)45-34-31-40(32-35-45)56-58-55(59-57(60-56)41-33-36-49-48-22-11-13-26-52(48)62-53(49)37-41)39-29-27-38(28-30-39)46-23-14-24-50-47-21-10-12-25-51(47)61-54(46)50/h1-37H. The van der Waals surface area contributed by atoms with E-state index in [1.807, 2.05) is 12.1 Å². The molecule has 0 fully saturated rings. The Hall–Kier alpha value is -7.77. The quantitative estimate of drug-likeness (QED) is 0.113. The number of aromatic nitrogens is 3. The maximum Gasteiger partial charge on any atom is 0.179 e. The molecule has 9 aromatic carbocycles. The van der Waals surface area contributed by atoms with E-state index in [-0.39, 0.29) is 0 Å². The first kappa shape index (κ1) is 37.0. The highest BCUT2D eigenvalue weighted by atomic mass is 32.1. The molecule has 296 valence electrons. The second-order valence-electron chi connectivity index (χ2n) is 15.9. The number of fused-ring (bicyclic) bond motifs is 6. The highest BCUT2D eigenvalue weighted by Gasteiger charge is 2.41. The van der Waals surface area contributed by atoms with Gasteiger partial charge < -0.3 is 4.42 Å². The summed E-state index contributed by atoms with van der Waals surface area (Å²) in [6.45, 7) is 0. The molecule has 63 heavy (non-hydrogen) atoms. The summed E-state index contributed by atoms with van der Waals surface area (Å²) >= 11 is 1.80. The van der Waals surface area contributed by atoms with Crippen molar-refractivity contribution in [3.05, 3.63) is 224 Å². The van der Waals surface area contributed by atoms with Crippen LogP contribution >= 0.6 is 11.3 Å². The molecule has 0 saturated heterocycles. The Kier molecular flexibility index (Phi) is 8.99. The Balaban J connectivity index is 0.999. The van der Waals surface area contributed by atoms with Crippen LogP contribution in [0.1, 0.15) is 0 Å². The molecule has 12 aromatic rings. The maximum absolute atomic E-state index is 6.41. The van der Waals surface area contributed by atoms with E-state index in [2.05, 4.69) is 212 Å². The van der Waals surface area contributed by atoms with Crippen molar-refractivity contribution in [1.29, 1.82) is 0 Å². The van der Waals surface area contributed by atoms with E-state index in [4.69, 9.17) is 19.4 Å². The first-order valence-corrected chi connectivity index (χ1v) is 24.0. The number of hydrogen-bond acceptors (Lipinski definition) is 5. The lowest BCUT2D eigenvalue weighted by atomic mass is 10.0. The third-order valence-corrected chi connectivity index (χ3v) is 18.3. The minimum Gasteiger partial charge on any atom is -0.455 e. The number of rotatable bonds is 8. The molecule has 12 rings (SSSR count). The van der Waals surface area contributed by atoms with Gasteiger partial charge in [-0.1, -0.05) is 206 Å². The molecule has 3 heterocycles. The maximum atomic E-state index is 6.41. The van der Waals surface area contributed by atoms with Crippen LogP contribution < -0.4 is 20.7 Å². The predicted molar refractivity (Wildman–Crippen MR) is 265 cm³/mol. The Labute approximate surface area is 369 Å². The van der Waals surface area contributed by atoms with Crippen molar-refractivity contribution in [2.45, 2.75) is 0 Å². The topological polar surface area (TPSA) is 51.8 Å². The highest BCUT2D eigenvalue weighted by molar-refractivity contribution is 7.25. The van der Waals surface area contributed by atoms with Crippen molar-refractivity contribution in [3.8, 4) is 45.3 Å². The van der Waals surface area contributed by atoms with Gasteiger partial charge in [0, 0.05) is 53.2 Å². The molecule has 0 atom stereocenters. The zero-order valence-electron chi connectivity index (χ0n) is 34.0. The number of hydrogen-bond donors (Lipinski definition) is 0. The predicted octanol–water partition coefficient (Wildman–Crippen LogP) is 12.2. The summed E-state index contributed by atoms with van der Waals surface area (Å²) in [5.74, 6) is 1.88. The van der Waals surface area contributed by atoms with Crippen LogP contribution in [0, 0.1) is 0 Å². The average molecular weight is 840 g/mol. The fraction of sp³-hybridized carbons (Fsp3) is 0. The average Bonchev–Trinajstić information content (AvgIpc) is 3.94. The monoisotopic (exact) mass is 839 g/mol. The van der Waals surface area contributed by atoms with Crippen molar-refractivity contribution >= 4 is 82.3 Å². The molecule has 0 radical (unpaired) electrons. The van der Waals surface area contributed by atoms with Crippen LogP contribution in [0.3, 0.4) is 0 Å². The van der Waals surface area contributed by atoms with Gasteiger partial charge in [-0.2, -0.15) is 0 Å². The van der Waals surface area contributed by atoms with E-state index >= 15 is 0 Å². The Morgan fingerprint density at radius 3 is 1.43 bits per heavy atom. The van der Waals surface area contributed by atoms with Crippen LogP contribution in [0.15, 0.2) is 229 Å². The van der Waals surface area contributed by atoms with E-state index in [1.165, 1.54) is 40.9 Å². The summed E-state index contributed by atoms with van der Waals surface area (Å²) in [7, 11) is -2.71. The molecule has 0 N–H and O–H groups in total. The Morgan fingerprint density at radius 1 is 0.333 bits per heavy atom. The van der Waals surface area contributed by atoms with E-state index in [1.54, 1.807) is 11.3 Å². The molecular weight excluding hydrogens is 803 g/mol. The van der Waals surface area contributed by atoms with E-state index in [9.17, 15) is 0 Å². The number of benzene rings is 9. The molecule has 0 unspecified atom stereocenters. The van der Waals surface area contributed by atoms with Gasteiger partial charge in [-0.3, -0.25) is 0 Å². The fourth-order valence-corrected chi connectivity index (χ4v) is 15.2. The van der Waals surface area contributed by atoms with E-state index < -0.39 is 8.07 Å². The molecule has 0 aliphatic carbocycles. The van der Waals surface area contributed by atoms with Crippen molar-refractivity contribution in [2.75, 3.05) is 0 Å². The number of thiophene rings is 1. The van der Waals surface area contributed by atoms with Gasteiger partial charge in [0.2, 0.25) is 0 Å². The van der Waals surface area contributed by atoms with Gasteiger partial charge in [0.05, 0.1) is 0 Å². The third-order valence-electron chi connectivity index (χ3n) is 12.3. The summed E-state index contributed by atoms with van der Waals surface area (Å²) in [5.41, 5.74) is 6.66. The molecule has 0 saturated carbocycles. The lowest BCUT2D eigenvalue weighted by molar-refractivity contribution is 0.670. The number of furan rings is 1. The lowest BCUT2D eigenvalue weighted by Crippen LogP contribution is -2.74. The van der Waals surface area contributed by atoms with Gasteiger partial charge in [-0.25, -0.2) is 15.0 Å². The molecule has 6 heteroatoms. The zero-order chi connectivity index (χ0) is 41.7. The van der Waals surface area contributed by atoms with Crippen LogP contribution in [0.25, 0.3) is 87.4 Å². The summed E-state index contributed by atoms with van der Waals surface area (Å²) in [6.07, 6.45) is 0. The zero-order valence-corrected chi connectivity index (χ0v) is 35.8. The van der Waals surface area contributed by atoms with Gasteiger partial charge in [0.1, 0.15) is 11.2 Å². The second-order valence-corrected chi connectivity index (χ2v) is 20.8. The van der Waals surface area contributed by atoms with Crippen LogP contribution in [0.5, 0.6) is 0 Å². The minimum absolute atomic E-state index is 0.616. The van der Waals surface area contributed by atoms with Gasteiger partial charge >= 0.3 is 0 Å². The highest BCUT2D eigenvalue weighted by Crippen LogP contribution is 2.38. The first-order valence-electron chi connectivity index (χ1n) is 21.2. The second kappa shape index (κ2) is 15.3. The Morgan fingerprint density at radius 2 is 0.794 bits per heavy atom. The number of para-hydroxylation sites is 2. The summed E-state index contributed by atoms with van der Waals surface area (Å²) in [5, 5.41) is 10.0. The molecule has 4 nitrogen and oxygen atoms in total. The summed E-state index contributed by atoms with van der Waals surface area (Å²) < 4.78 is 8.88. The van der Waals surface area contributed by atoms with Gasteiger partial charge in [-0.05, 0) is 44.5 Å². The normalized spacial score (nSPS) is 11.8. The molecule has 0 bridgehead atoms. The van der Waals surface area contributed by atoms with Gasteiger partial charge in [0.25, 0.3) is 0 Å². The largest absolute Gasteiger partial charge is 0.455 e. The van der Waals surface area contributed by atoms with Crippen molar-refractivity contribution in [3.63, 3.8) is 0 Å². The first-order chi connectivity index (χ1) is 31.2. The summed E-state index contributed by atoms with van der Waals surface area (Å²) in [6, 6.07) is 80.2. The van der Waals surface area contributed by atoms with Crippen molar-refractivity contribution < 1.29 is 4.42 Å². The smallest absolute Gasteiger partial charge is 0.179 e. The molecule has 0 aliphatic rings.